The Kier molecular flexibility index (Phi) is 14.0. The van der Waals surface area contributed by atoms with E-state index >= 15 is 0 Å². The first-order valence-electron chi connectivity index (χ1n) is 9.91. The molecular formula is C20H44Si. The number of hydrogen-bond acceptors (Lipinski definition) is 0. The molecule has 0 rings (SSSR count). The fourth-order valence-corrected chi connectivity index (χ4v) is 5.52. The van der Waals surface area contributed by atoms with Gasteiger partial charge in [-0.15, -0.1) is 0 Å². The van der Waals surface area contributed by atoms with Crippen LogP contribution < -0.4 is 0 Å². The molecule has 0 radical (unpaired) electrons. The topological polar surface area (TPSA) is 0 Å². The normalized spacial score (nSPS) is 14.9. The minimum absolute atomic E-state index is 0.248. The Morgan fingerprint density at radius 3 is 1.24 bits per heavy atom. The van der Waals surface area contributed by atoms with Crippen molar-refractivity contribution in [2.24, 2.45) is 23.7 Å². The van der Waals surface area contributed by atoms with Crippen molar-refractivity contribution in [2.75, 3.05) is 0 Å². The second-order valence-electron chi connectivity index (χ2n) is 8.50. The molecule has 0 nitrogen and oxygen atoms in total. The van der Waals surface area contributed by atoms with Gasteiger partial charge in [-0.1, -0.05) is 105 Å². The lowest BCUT2D eigenvalue weighted by atomic mass is 9.98. The highest BCUT2D eigenvalue weighted by Gasteiger charge is 2.05. The average molecular weight is 313 g/mol. The summed E-state index contributed by atoms with van der Waals surface area (Å²) < 4.78 is 0. The molecule has 1 heteroatoms. The van der Waals surface area contributed by atoms with Crippen molar-refractivity contribution in [1.82, 2.24) is 0 Å². The van der Waals surface area contributed by atoms with Gasteiger partial charge in [-0.05, 0) is 23.7 Å². The average Bonchev–Trinajstić information content (AvgIpc) is 2.37. The maximum absolute atomic E-state index is 2.48. The molecule has 0 spiro atoms. The van der Waals surface area contributed by atoms with Crippen molar-refractivity contribution in [2.45, 2.75) is 105 Å². The number of rotatable bonds is 14. The molecule has 0 saturated heterocycles. The fourth-order valence-electron chi connectivity index (χ4n) is 3.20. The SMILES string of the molecule is CC(C)CCC[C@@H](C)CC[SiH2]CC[C@H](C)CCCC(C)C. The summed E-state index contributed by atoms with van der Waals surface area (Å²) >= 11 is 0. The first kappa shape index (κ1) is 21.2. The predicted molar refractivity (Wildman–Crippen MR) is 103 cm³/mol. The van der Waals surface area contributed by atoms with Crippen LogP contribution in [-0.2, 0) is 0 Å². The van der Waals surface area contributed by atoms with Crippen LogP contribution in [0.3, 0.4) is 0 Å². The van der Waals surface area contributed by atoms with Crippen LogP contribution in [0.25, 0.3) is 0 Å². The van der Waals surface area contributed by atoms with Crippen LogP contribution in [0.4, 0.5) is 0 Å². The molecule has 0 bridgehead atoms. The molecule has 2 atom stereocenters. The predicted octanol–water partition coefficient (Wildman–Crippen LogP) is 6.70. The van der Waals surface area contributed by atoms with Gasteiger partial charge in [-0.25, -0.2) is 0 Å². The summed E-state index contributed by atoms with van der Waals surface area (Å²) in [5.41, 5.74) is 0. The fraction of sp³-hybridized carbons (Fsp3) is 1.00. The van der Waals surface area contributed by atoms with Crippen molar-refractivity contribution in [3.05, 3.63) is 0 Å². The Balaban J connectivity index is 3.34. The molecule has 0 heterocycles. The zero-order valence-corrected chi connectivity index (χ0v) is 17.5. The second-order valence-corrected chi connectivity index (χ2v) is 10.6. The van der Waals surface area contributed by atoms with Gasteiger partial charge in [0.2, 0.25) is 0 Å². The molecule has 0 unspecified atom stereocenters. The molecular weight excluding hydrogens is 268 g/mol. The summed E-state index contributed by atoms with van der Waals surface area (Å²) in [6.45, 7) is 14.3. The molecule has 0 aliphatic carbocycles. The maximum Gasteiger partial charge on any atom is 0.0198 e. The Morgan fingerprint density at radius 1 is 0.524 bits per heavy atom. The lowest BCUT2D eigenvalue weighted by molar-refractivity contribution is 0.444. The molecule has 0 fully saturated rings. The van der Waals surface area contributed by atoms with Gasteiger partial charge in [0.1, 0.15) is 0 Å². The van der Waals surface area contributed by atoms with E-state index in [9.17, 15) is 0 Å². The molecule has 0 aliphatic rings. The van der Waals surface area contributed by atoms with E-state index in [-0.39, 0.29) is 9.52 Å². The third-order valence-electron chi connectivity index (χ3n) is 4.85. The minimum Gasteiger partial charge on any atom is -0.0628 e. The van der Waals surface area contributed by atoms with E-state index < -0.39 is 0 Å². The van der Waals surface area contributed by atoms with Gasteiger partial charge >= 0.3 is 0 Å². The van der Waals surface area contributed by atoms with Crippen molar-refractivity contribution in [3.8, 4) is 0 Å². The molecule has 128 valence electrons. The van der Waals surface area contributed by atoms with E-state index in [1.165, 1.54) is 51.4 Å². The first-order chi connectivity index (χ1) is 9.91. The summed E-state index contributed by atoms with van der Waals surface area (Å²) in [5, 5.41) is 0. The van der Waals surface area contributed by atoms with Crippen LogP contribution in [0, 0.1) is 23.7 Å². The zero-order valence-electron chi connectivity index (χ0n) is 16.1. The van der Waals surface area contributed by atoms with Gasteiger partial charge in [-0.2, -0.15) is 0 Å². The molecule has 0 aromatic rings. The Morgan fingerprint density at radius 2 is 0.905 bits per heavy atom. The summed E-state index contributed by atoms with van der Waals surface area (Å²) in [5.74, 6) is 3.76. The van der Waals surface area contributed by atoms with Crippen LogP contribution in [0.2, 0.25) is 12.1 Å². The molecule has 0 N–H and O–H groups in total. The van der Waals surface area contributed by atoms with E-state index in [4.69, 9.17) is 0 Å². The van der Waals surface area contributed by atoms with Crippen molar-refractivity contribution in [1.29, 1.82) is 0 Å². The van der Waals surface area contributed by atoms with E-state index in [0.717, 1.165) is 23.7 Å². The quantitative estimate of drug-likeness (QED) is 0.247. The Labute approximate surface area is 138 Å². The van der Waals surface area contributed by atoms with Gasteiger partial charge in [0, 0.05) is 9.52 Å². The van der Waals surface area contributed by atoms with Gasteiger partial charge in [0.25, 0.3) is 0 Å². The summed E-state index contributed by atoms with van der Waals surface area (Å²) in [7, 11) is 0.248. The lowest BCUT2D eigenvalue weighted by Crippen LogP contribution is -2.02. The van der Waals surface area contributed by atoms with Gasteiger partial charge in [0.15, 0.2) is 0 Å². The van der Waals surface area contributed by atoms with Crippen LogP contribution in [0.15, 0.2) is 0 Å². The van der Waals surface area contributed by atoms with Crippen LogP contribution in [0.1, 0.15) is 92.9 Å². The molecule has 0 aromatic carbocycles. The summed E-state index contributed by atoms with van der Waals surface area (Å²) in [6.07, 6.45) is 11.7. The second kappa shape index (κ2) is 13.9. The standard InChI is InChI=1S/C20H44Si/c1-17(2)9-7-11-19(5)13-15-21-16-14-20(6)12-8-10-18(3)4/h17-20H,7-16,21H2,1-6H3/t19-,20-/m1/s1. The largest absolute Gasteiger partial charge is 0.0628 e. The first-order valence-corrected chi connectivity index (χ1v) is 11.9. The van der Waals surface area contributed by atoms with E-state index in [1.54, 1.807) is 12.1 Å². The maximum atomic E-state index is 2.48. The highest BCUT2D eigenvalue weighted by Crippen LogP contribution is 2.19. The van der Waals surface area contributed by atoms with Gasteiger partial charge < -0.3 is 0 Å². The molecule has 0 aliphatic heterocycles. The van der Waals surface area contributed by atoms with Crippen LogP contribution in [-0.4, -0.2) is 9.52 Å². The van der Waals surface area contributed by atoms with Crippen molar-refractivity contribution < 1.29 is 0 Å². The molecule has 0 saturated carbocycles. The zero-order chi connectivity index (χ0) is 16.1. The van der Waals surface area contributed by atoms with E-state index in [1.807, 2.05) is 0 Å². The number of hydrogen-bond donors (Lipinski definition) is 0. The third kappa shape index (κ3) is 16.4. The lowest BCUT2D eigenvalue weighted by Gasteiger charge is -2.13. The smallest absolute Gasteiger partial charge is 0.0198 e. The summed E-state index contributed by atoms with van der Waals surface area (Å²) in [4.78, 5) is 0. The molecule has 0 amide bonds. The van der Waals surface area contributed by atoms with Crippen LogP contribution >= 0.6 is 0 Å². The highest BCUT2D eigenvalue weighted by atomic mass is 28.2. The minimum atomic E-state index is 0.248. The molecule has 0 aromatic heterocycles. The van der Waals surface area contributed by atoms with Crippen molar-refractivity contribution >= 4 is 9.52 Å². The third-order valence-corrected chi connectivity index (χ3v) is 6.67. The highest BCUT2D eigenvalue weighted by molar-refractivity contribution is 6.35. The van der Waals surface area contributed by atoms with Crippen LogP contribution in [0.5, 0.6) is 0 Å². The Hall–Kier alpha value is 0.217. The molecule has 21 heavy (non-hydrogen) atoms. The monoisotopic (exact) mass is 312 g/mol. The van der Waals surface area contributed by atoms with Gasteiger partial charge in [0.05, 0.1) is 0 Å². The summed E-state index contributed by atoms with van der Waals surface area (Å²) in [6, 6.07) is 3.20. The van der Waals surface area contributed by atoms with Gasteiger partial charge in [-0.3, -0.25) is 0 Å². The van der Waals surface area contributed by atoms with E-state index in [2.05, 4.69) is 41.5 Å². The van der Waals surface area contributed by atoms with E-state index in [0.29, 0.717) is 0 Å². The van der Waals surface area contributed by atoms with Crippen molar-refractivity contribution in [3.63, 3.8) is 0 Å². The Bertz CT molecular complexity index is 188.